The van der Waals surface area contributed by atoms with Gasteiger partial charge in [0.15, 0.2) is 0 Å². The summed E-state index contributed by atoms with van der Waals surface area (Å²) in [4.78, 5) is 24.4. The number of hydrogen-bond donors (Lipinski definition) is 1. The fourth-order valence-electron chi connectivity index (χ4n) is 2.17. The molecule has 1 aromatic rings. The van der Waals surface area contributed by atoms with E-state index in [1.54, 1.807) is 0 Å². The maximum absolute atomic E-state index is 12.4. The van der Waals surface area contributed by atoms with Crippen molar-refractivity contribution < 1.29 is 19.1 Å². The number of carbonyl (C=O) groups excluding carboxylic acids is 2. The van der Waals surface area contributed by atoms with Gasteiger partial charge in [-0.3, -0.25) is 9.59 Å². The molecular formula is C20H31NO4. The minimum atomic E-state index is -0.574. The molecule has 1 atom stereocenters. The lowest BCUT2D eigenvalue weighted by atomic mass is 10.1. The highest BCUT2D eigenvalue weighted by Gasteiger charge is 2.26. The average molecular weight is 349 g/mol. The monoisotopic (exact) mass is 349 g/mol. The summed E-state index contributed by atoms with van der Waals surface area (Å²) in [6, 6.07) is 9.23. The van der Waals surface area contributed by atoms with E-state index in [4.69, 9.17) is 9.47 Å². The topological polar surface area (TPSA) is 64.6 Å². The molecule has 0 aliphatic heterocycles. The molecule has 0 saturated carbocycles. The van der Waals surface area contributed by atoms with E-state index < -0.39 is 17.2 Å². The first kappa shape index (κ1) is 21.2. The fourth-order valence-corrected chi connectivity index (χ4v) is 2.17. The minimum Gasteiger partial charge on any atom is -0.460 e. The van der Waals surface area contributed by atoms with Crippen LogP contribution in [0.25, 0.3) is 0 Å². The Kier molecular flexibility index (Phi) is 7.61. The Labute approximate surface area is 151 Å². The molecule has 1 aromatic carbocycles. The van der Waals surface area contributed by atoms with E-state index in [1.807, 2.05) is 71.9 Å². The summed E-state index contributed by atoms with van der Waals surface area (Å²) in [5, 5.41) is 3.19. The standard InChI is InChI=1S/C20H31NO4/c1-19(2,3)24-17(22)13-12-16(18(23)25-20(4,5)6)21-14-15-10-8-7-9-11-15/h7-11,16,21H,12-14H2,1-6H3/t16-/m0/s1. The van der Waals surface area contributed by atoms with E-state index >= 15 is 0 Å². The van der Waals surface area contributed by atoms with Crippen molar-refractivity contribution in [1.29, 1.82) is 0 Å². The summed E-state index contributed by atoms with van der Waals surface area (Å²) in [7, 11) is 0. The molecule has 0 fully saturated rings. The number of carbonyl (C=O) groups is 2. The molecule has 5 nitrogen and oxygen atoms in total. The number of esters is 2. The third-order valence-electron chi connectivity index (χ3n) is 3.14. The van der Waals surface area contributed by atoms with Crippen LogP contribution in [0.4, 0.5) is 0 Å². The molecule has 0 amide bonds. The maximum Gasteiger partial charge on any atom is 0.323 e. The summed E-state index contributed by atoms with van der Waals surface area (Å²) in [6.45, 7) is 11.5. The van der Waals surface area contributed by atoms with Crippen LogP contribution in [0.5, 0.6) is 0 Å². The molecule has 0 aromatic heterocycles. The van der Waals surface area contributed by atoms with Crippen molar-refractivity contribution in [3.05, 3.63) is 35.9 Å². The zero-order valence-corrected chi connectivity index (χ0v) is 16.2. The zero-order valence-electron chi connectivity index (χ0n) is 16.2. The van der Waals surface area contributed by atoms with Crippen molar-refractivity contribution in [2.45, 2.75) is 78.2 Å². The molecule has 1 N–H and O–H groups in total. The second-order valence-electron chi connectivity index (χ2n) is 8.08. The number of benzene rings is 1. The van der Waals surface area contributed by atoms with Gasteiger partial charge in [0.2, 0.25) is 0 Å². The van der Waals surface area contributed by atoms with Crippen molar-refractivity contribution in [2.75, 3.05) is 0 Å². The highest BCUT2D eigenvalue weighted by Crippen LogP contribution is 2.14. The third-order valence-corrected chi connectivity index (χ3v) is 3.14. The normalized spacial score (nSPS) is 13.2. The molecule has 0 spiro atoms. The highest BCUT2D eigenvalue weighted by atomic mass is 16.6. The van der Waals surface area contributed by atoms with Gasteiger partial charge in [-0.2, -0.15) is 0 Å². The Bertz CT molecular complexity index is 555. The molecule has 0 radical (unpaired) electrons. The smallest absolute Gasteiger partial charge is 0.323 e. The zero-order chi connectivity index (χ0) is 19.1. The Morgan fingerprint density at radius 2 is 1.52 bits per heavy atom. The Balaban J connectivity index is 2.67. The summed E-state index contributed by atoms with van der Waals surface area (Å²) < 4.78 is 10.8. The SMILES string of the molecule is CC(C)(C)OC(=O)CC[C@H](NCc1ccccc1)C(=O)OC(C)(C)C. The van der Waals surface area contributed by atoms with Crippen LogP contribution in [-0.4, -0.2) is 29.2 Å². The molecule has 0 aliphatic carbocycles. The van der Waals surface area contributed by atoms with Crippen molar-refractivity contribution in [3.63, 3.8) is 0 Å². The van der Waals surface area contributed by atoms with Gasteiger partial charge in [0.05, 0.1) is 0 Å². The van der Waals surface area contributed by atoms with E-state index in [-0.39, 0.29) is 18.4 Å². The van der Waals surface area contributed by atoms with Gasteiger partial charge in [0, 0.05) is 13.0 Å². The van der Waals surface area contributed by atoms with E-state index in [0.29, 0.717) is 13.0 Å². The maximum atomic E-state index is 12.4. The van der Waals surface area contributed by atoms with Crippen LogP contribution in [-0.2, 0) is 25.6 Å². The first-order valence-electron chi connectivity index (χ1n) is 8.68. The van der Waals surface area contributed by atoms with Crippen LogP contribution in [0, 0.1) is 0 Å². The van der Waals surface area contributed by atoms with Crippen LogP contribution in [0.15, 0.2) is 30.3 Å². The van der Waals surface area contributed by atoms with Gasteiger partial charge < -0.3 is 14.8 Å². The molecule has 0 unspecified atom stereocenters. The Morgan fingerprint density at radius 3 is 2.04 bits per heavy atom. The van der Waals surface area contributed by atoms with Crippen LogP contribution in [0.1, 0.15) is 59.9 Å². The average Bonchev–Trinajstić information content (AvgIpc) is 2.44. The minimum absolute atomic E-state index is 0.156. The molecular weight excluding hydrogens is 318 g/mol. The first-order valence-corrected chi connectivity index (χ1v) is 8.68. The van der Waals surface area contributed by atoms with Crippen molar-refractivity contribution in [1.82, 2.24) is 5.32 Å². The van der Waals surface area contributed by atoms with Crippen molar-refractivity contribution >= 4 is 11.9 Å². The largest absolute Gasteiger partial charge is 0.460 e. The van der Waals surface area contributed by atoms with Gasteiger partial charge in [0.25, 0.3) is 0 Å². The van der Waals surface area contributed by atoms with E-state index in [9.17, 15) is 9.59 Å². The predicted octanol–water partition coefficient (Wildman–Crippen LogP) is 3.61. The molecule has 1 rings (SSSR count). The third kappa shape index (κ3) is 9.87. The second-order valence-corrected chi connectivity index (χ2v) is 8.08. The van der Waals surface area contributed by atoms with Crippen molar-refractivity contribution in [2.24, 2.45) is 0 Å². The molecule has 140 valence electrons. The van der Waals surface area contributed by atoms with Gasteiger partial charge in [-0.1, -0.05) is 30.3 Å². The van der Waals surface area contributed by atoms with E-state index in [2.05, 4.69) is 5.32 Å². The Morgan fingerprint density at radius 1 is 0.960 bits per heavy atom. The summed E-state index contributed by atoms with van der Waals surface area (Å²) in [5.41, 5.74) is -0.0422. The number of hydrogen-bond acceptors (Lipinski definition) is 5. The van der Waals surface area contributed by atoms with E-state index in [1.165, 1.54) is 0 Å². The summed E-state index contributed by atoms with van der Waals surface area (Å²) in [5.74, 6) is -0.672. The number of nitrogens with one attached hydrogen (secondary N) is 1. The van der Waals surface area contributed by atoms with Crippen LogP contribution < -0.4 is 5.32 Å². The number of rotatable bonds is 7. The quantitative estimate of drug-likeness (QED) is 0.762. The van der Waals surface area contributed by atoms with Gasteiger partial charge in [-0.05, 0) is 53.5 Å². The molecule has 25 heavy (non-hydrogen) atoms. The molecule has 5 heteroatoms. The van der Waals surface area contributed by atoms with Gasteiger partial charge in [-0.15, -0.1) is 0 Å². The Hall–Kier alpha value is -1.88. The molecule has 0 aliphatic rings. The molecule has 0 saturated heterocycles. The number of ether oxygens (including phenoxy) is 2. The molecule has 0 bridgehead atoms. The van der Waals surface area contributed by atoms with Gasteiger partial charge in [0.1, 0.15) is 17.2 Å². The van der Waals surface area contributed by atoms with Crippen LogP contribution >= 0.6 is 0 Å². The fraction of sp³-hybridized carbons (Fsp3) is 0.600. The summed E-state index contributed by atoms with van der Waals surface area (Å²) >= 11 is 0. The van der Waals surface area contributed by atoms with Crippen LogP contribution in [0.3, 0.4) is 0 Å². The van der Waals surface area contributed by atoms with Gasteiger partial charge >= 0.3 is 11.9 Å². The highest BCUT2D eigenvalue weighted by molar-refractivity contribution is 5.77. The second kappa shape index (κ2) is 8.99. The van der Waals surface area contributed by atoms with Crippen molar-refractivity contribution in [3.8, 4) is 0 Å². The lowest BCUT2D eigenvalue weighted by molar-refractivity contribution is -0.158. The van der Waals surface area contributed by atoms with Gasteiger partial charge in [-0.25, -0.2) is 0 Å². The lowest BCUT2D eigenvalue weighted by Crippen LogP contribution is -2.41. The lowest BCUT2D eigenvalue weighted by Gasteiger charge is -2.25. The van der Waals surface area contributed by atoms with Crippen LogP contribution in [0.2, 0.25) is 0 Å². The predicted molar refractivity (Wildman–Crippen MR) is 98.0 cm³/mol. The first-order chi connectivity index (χ1) is 11.5. The summed E-state index contributed by atoms with van der Waals surface area (Å²) in [6.07, 6.45) is 0.486. The van der Waals surface area contributed by atoms with E-state index in [0.717, 1.165) is 5.56 Å². The molecule has 0 heterocycles.